The number of nitrogens with one attached hydrogen (secondary N) is 1. The first-order valence-electron chi connectivity index (χ1n) is 9.20. The molecular formula is C22H24N4O3. The summed E-state index contributed by atoms with van der Waals surface area (Å²) in [6.45, 7) is 0.620. The normalized spacial score (nSPS) is 10.3. The highest BCUT2D eigenvalue weighted by Crippen LogP contribution is 2.30. The number of rotatable bonds is 8. The Bertz CT molecular complexity index is 946. The third kappa shape index (κ3) is 5.22. The Kier molecular flexibility index (Phi) is 6.63. The molecule has 3 rings (SSSR count). The topological polar surface area (TPSA) is 76.6 Å². The molecule has 0 saturated carbocycles. The molecule has 0 radical (unpaired) electrons. The third-order valence-corrected chi connectivity index (χ3v) is 4.50. The summed E-state index contributed by atoms with van der Waals surface area (Å²) in [5.74, 6) is 1.85. The molecule has 0 aliphatic rings. The SMILES string of the molecule is COc1ccc(Nc2ccc(C(=O)N(C)CCc3ccncc3)cn2)cc1OC. The van der Waals surface area contributed by atoms with Crippen LogP contribution in [0.2, 0.25) is 0 Å². The molecule has 7 heteroatoms. The van der Waals surface area contributed by atoms with Gasteiger partial charge in [-0.1, -0.05) is 0 Å². The Morgan fingerprint density at radius 3 is 2.45 bits per heavy atom. The summed E-state index contributed by atoms with van der Waals surface area (Å²) in [6, 6.07) is 13.0. The summed E-state index contributed by atoms with van der Waals surface area (Å²) in [6.07, 6.45) is 5.86. The zero-order chi connectivity index (χ0) is 20.6. The number of carbonyl (C=O) groups is 1. The molecular weight excluding hydrogens is 368 g/mol. The number of anilines is 2. The van der Waals surface area contributed by atoms with Gasteiger partial charge in [-0.3, -0.25) is 9.78 Å². The molecule has 29 heavy (non-hydrogen) atoms. The molecule has 3 aromatic rings. The molecule has 150 valence electrons. The quantitative estimate of drug-likeness (QED) is 0.632. The predicted molar refractivity (Wildman–Crippen MR) is 112 cm³/mol. The molecule has 2 heterocycles. The number of nitrogens with zero attached hydrogens (tertiary/aromatic N) is 3. The average molecular weight is 392 g/mol. The monoisotopic (exact) mass is 392 g/mol. The van der Waals surface area contributed by atoms with Gasteiger partial charge in [0.1, 0.15) is 5.82 Å². The zero-order valence-electron chi connectivity index (χ0n) is 16.8. The third-order valence-electron chi connectivity index (χ3n) is 4.50. The van der Waals surface area contributed by atoms with E-state index in [1.807, 2.05) is 30.3 Å². The second-order valence-electron chi connectivity index (χ2n) is 6.46. The minimum Gasteiger partial charge on any atom is -0.493 e. The molecule has 0 bridgehead atoms. The maximum Gasteiger partial charge on any atom is 0.255 e. The van der Waals surface area contributed by atoms with Crippen LogP contribution in [0, 0.1) is 0 Å². The van der Waals surface area contributed by atoms with Crippen LogP contribution in [-0.2, 0) is 6.42 Å². The molecule has 0 atom stereocenters. The maximum atomic E-state index is 12.6. The van der Waals surface area contributed by atoms with Crippen molar-refractivity contribution in [2.24, 2.45) is 0 Å². The van der Waals surface area contributed by atoms with Crippen LogP contribution in [0.3, 0.4) is 0 Å². The Hall–Kier alpha value is -3.61. The number of benzene rings is 1. The second kappa shape index (κ2) is 9.54. The van der Waals surface area contributed by atoms with Crippen LogP contribution < -0.4 is 14.8 Å². The summed E-state index contributed by atoms with van der Waals surface area (Å²) in [4.78, 5) is 22.7. The first kappa shape index (κ1) is 20.1. The van der Waals surface area contributed by atoms with Gasteiger partial charge in [0.05, 0.1) is 19.8 Å². The van der Waals surface area contributed by atoms with Crippen molar-refractivity contribution in [3.05, 3.63) is 72.2 Å². The van der Waals surface area contributed by atoms with Crippen molar-refractivity contribution >= 4 is 17.4 Å². The Morgan fingerprint density at radius 2 is 1.79 bits per heavy atom. The van der Waals surface area contributed by atoms with Crippen LogP contribution in [0.1, 0.15) is 15.9 Å². The molecule has 7 nitrogen and oxygen atoms in total. The number of carbonyl (C=O) groups excluding carboxylic acids is 1. The van der Waals surface area contributed by atoms with E-state index in [1.165, 1.54) is 0 Å². The number of pyridine rings is 2. The van der Waals surface area contributed by atoms with Crippen molar-refractivity contribution < 1.29 is 14.3 Å². The van der Waals surface area contributed by atoms with E-state index in [1.54, 1.807) is 56.9 Å². The predicted octanol–water partition coefficient (Wildman–Crippen LogP) is 3.55. The lowest BCUT2D eigenvalue weighted by Crippen LogP contribution is -2.28. The fraction of sp³-hybridized carbons (Fsp3) is 0.227. The fourth-order valence-electron chi connectivity index (χ4n) is 2.82. The largest absolute Gasteiger partial charge is 0.493 e. The molecule has 1 amide bonds. The van der Waals surface area contributed by atoms with Crippen molar-refractivity contribution in [1.82, 2.24) is 14.9 Å². The first-order valence-corrected chi connectivity index (χ1v) is 9.20. The average Bonchev–Trinajstić information content (AvgIpc) is 2.78. The van der Waals surface area contributed by atoms with Gasteiger partial charge in [0, 0.05) is 43.9 Å². The summed E-state index contributed by atoms with van der Waals surface area (Å²) in [7, 11) is 4.97. The van der Waals surface area contributed by atoms with Gasteiger partial charge in [-0.15, -0.1) is 0 Å². The zero-order valence-corrected chi connectivity index (χ0v) is 16.8. The molecule has 0 spiro atoms. The van der Waals surface area contributed by atoms with Gasteiger partial charge in [-0.25, -0.2) is 4.98 Å². The van der Waals surface area contributed by atoms with E-state index in [0.29, 0.717) is 29.4 Å². The van der Waals surface area contributed by atoms with Crippen molar-refractivity contribution in [1.29, 1.82) is 0 Å². The van der Waals surface area contributed by atoms with Gasteiger partial charge in [-0.05, 0) is 48.4 Å². The lowest BCUT2D eigenvalue weighted by atomic mass is 10.2. The number of likely N-dealkylation sites (N-methyl/N-ethyl adjacent to an activating group) is 1. The van der Waals surface area contributed by atoms with Gasteiger partial charge in [0.25, 0.3) is 5.91 Å². The summed E-state index contributed by atoms with van der Waals surface area (Å²) in [5.41, 5.74) is 2.50. The van der Waals surface area contributed by atoms with Gasteiger partial charge >= 0.3 is 0 Å². The summed E-state index contributed by atoms with van der Waals surface area (Å²) >= 11 is 0. The fourth-order valence-corrected chi connectivity index (χ4v) is 2.82. The van der Waals surface area contributed by atoms with E-state index in [-0.39, 0.29) is 5.91 Å². The number of aromatic nitrogens is 2. The molecule has 0 fully saturated rings. The van der Waals surface area contributed by atoms with Crippen molar-refractivity contribution in [3.63, 3.8) is 0 Å². The Morgan fingerprint density at radius 1 is 1.03 bits per heavy atom. The van der Waals surface area contributed by atoms with E-state index in [0.717, 1.165) is 17.7 Å². The van der Waals surface area contributed by atoms with Gasteiger partial charge in [0.2, 0.25) is 0 Å². The molecule has 0 saturated heterocycles. The number of amides is 1. The summed E-state index contributed by atoms with van der Waals surface area (Å²) in [5, 5.41) is 3.19. The van der Waals surface area contributed by atoms with E-state index in [9.17, 15) is 4.79 Å². The lowest BCUT2D eigenvalue weighted by Gasteiger charge is -2.17. The highest BCUT2D eigenvalue weighted by atomic mass is 16.5. The van der Waals surface area contributed by atoms with Crippen molar-refractivity contribution in [2.45, 2.75) is 6.42 Å². The highest BCUT2D eigenvalue weighted by Gasteiger charge is 2.12. The molecule has 2 aromatic heterocycles. The van der Waals surface area contributed by atoms with Crippen LogP contribution in [0.25, 0.3) is 0 Å². The first-order chi connectivity index (χ1) is 14.1. The van der Waals surface area contributed by atoms with Crippen molar-refractivity contribution in [3.8, 4) is 11.5 Å². The smallest absolute Gasteiger partial charge is 0.255 e. The number of hydrogen-bond donors (Lipinski definition) is 1. The molecule has 0 aliphatic heterocycles. The van der Waals surface area contributed by atoms with Crippen LogP contribution in [-0.4, -0.2) is 48.6 Å². The molecule has 0 aliphatic carbocycles. The summed E-state index contributed by atoms with van der Waals surface area (Å²) < 4.78 is 10.5. The van der Waals surface area contributed by atoms with Gasteiger partial charge in [0.15, 0.2) is 11.5 Å². The second-order valence-corrected chi connectivity index (χ2v) is 6.46. The van der Waals surface area contributed by atoms with E-state index in [4.69, 9.17) is 9.47 Å². The molecule has 1 N–H and O–H groups in total. The minimum atomic E-state index is -0.0655. The minimum absolute atomic E-state index is 0.0655. The highest BCUT2D eigenvalue weighted by molar-refractivity contribution is 5.94. The van der Waals surface area contributed by atoms with Crippen LogP contribution >= 0.6 is 0 Å². The number of methoxy groups -OCH3 is 2. The molecule has 1 aromatic carbocycles. The number of ether oxygens (including phenoxy) is 2. The van der Waals surface area contributed by atoms with Crippen LogP contribution in [0.15, 0.2) is 61.1 Å². The Balaban J connectivity index is 1.61. The van der Waals surface area contributed by atoms with E-state index < -0.39 is 0 Å². The maximum absolute atomic E-state index is 12.6. The lowest BCUT2D eigenvalue weighted by molar-refractivity contribution is 0.0796. The molecule has 0 unspecified atom stereocenters. The van der Waals surface area contributed by atoms with Crippen molar-refractivity contribution in [2.75, 3.05) is 33.1 Å². The Labute approximate surface area is 170 Å². The standard InChI is InChI=1S/C22H24N4O3/c1-26(13-10-16-8-11-23-12-9-16)22(27)17-4-7-21(24-15-17)25-18-5-6-19(28-2)20(14-18)29-3/h4-9,11-12,14-15H,10,13H2,1-3H3,(H,24,25). The number of hydrogen-bond acceptors (Lipinski definition) is 6. The van der Waals surface area contributed by atoms with Crippen LogP contribution in [0.5, 0.6) is 11.5 Å². The van der Waals surface area contributed by atoms with E-state index >= 15 is 0 Å². The van der Waals surface area contributed by atoms with E-state index in [2.05, 4.69) is 15.3 Å². The van der Waals surface area contributed by atoms with Crippen LogP contribution in [0.4, 0.5) is 11.5 Å². The van der Waals surface area contributed by atoms with Gasteiger partial charge < -0.3 is 19.7 Å². The van der Waals surface area contributed by atoms with Gasteiger partial charge in [-0.2, -0.15) is 0 Å².